The Bertz CT molecular complexity index is 1450. The number of hydrogen-bond acceptors (Lipinski definition) is 8. The minimum atomic E-state index is -1.26. The molecule has 0 aliphatic rings. The largest absolute Gasteiger partial charge is 0.489 e. The van der Waals surface area contributed by atoms with Crippen LogP contribution in [0.3, 0.4) is 0 Å². The highest BCUT2D eigenvalue weighted by Crippen LogP contribution is 2.39. The molecule has 3 rings (SSSR count). The number of carbonyl (C=O) groups is 1. The van der Waals surface area contributed by atoms with Crippen LogP contribution < -0.4 is 10.1 Å². The van der Waals surface area contributed by atoms with E-state index < -0.39 is 27.8 Å². The van der Waals surface area contributed by atoms with Gasteiger partial charge in [0, 0.05) is 42.0 Å². The van der Waals surface area contributed by atoms with Crippen molar-refractivity contribution in [2.45, 2.75) is 97.5 Å². The van der Waals surface area contributed by atoms with Gasteiger partial charge in [-0.2, -0.15) is 0 Å². The van der Waals surface area contributed by atoms with E-state index in [1.165, 1.54) is 0 Å². The fourth-order valence-electron chi connectivity index (χ4n) is 4.15. The lowest BCUT2D eigenvalue weighted by Crippen LogP contribution is -2.27. The van der Waals surface area contributed by atoms with Gasteiger partial charge in [0.15, 0.2) is 5.75 Å². The van der Waals surface area contributed by atoms with Crippen molar-refractivity contribution in [3.05, 3.63) is 45.8 Å². The summed E-state index contributed by atoms with van der Waals surface area (Å²) in [4.78, 5) is 21.3. The summed E-state index contributed by atoms with van der Waals surface area (Å²) in [5.74, 6) is 1.43. The standard InChI is InChI=1S/C32H50Cl2N4O6Si2/c1-32(2,3)44-31(39)36-26-18-23(10-12-35-26)11-13-43-30-28(34)24(33)19-25-29(30)37-27(20-42-22-41-15-17-46(7,8)9)38(25)21-40-14-16-45(4,5)6/h10,12,18-19H,11,13-17,20-22H2,1-9H3,(H,35,36,39). The summed E-state index contributed by atoms with van der Waals surface area (Å²) in [5, 5.41) is 3.30. The molecule has 0 saturated carbocycles. The van der Waals surface area contributed by atoms with Crippen molar-refractivity contribution in [2.24, 2.45) is 0 Å². The number of halogens is 2. The molecule has 0 atom stereocenters. The second-order valence-corrected chi connectivity index (χ2v) is 26.7. The molecule has 0 saturated heterocycles. The first-order chi connectivity index (χ1) is 21.4. The predicted molar refractivity (Wildman–Crippen MR) is 191 cm³/mol. The van der Waals surface area contributed by atoms with Crippen LogP contribution in [0.2, 0.25) is 61.4 Å². The Labute approximate surface area is 285 Å². The third-order valence-corrected chi connectivity index (χ3v) is 10.9. The Morgan fingerprint density at radius 1 is 0.957 bits per heavy atom. The topological polar surface area (TPSA) is 106 Å². The molecule has 10 nitrogen and oxygen atoms in total. The van der Waals surface area contributed by atoms with Crippen LogP contribution in [0.25, 0.3) is 11.0 Å². The lowest BCUT2D eigenvalue weighted by Gasteiger charge is -2.19. The molecule has 0 spiro atoms. The molecule has 2 heterocycles. The van der Waals surface area contributed by atoms with Crippen LogP contribution in [0, 0.1) is 0 Å². The number of carbonyl (C=O) groups excluding carboxylic acids is 1. The quantitative estimate of drug-likeness (QED) is 0.0841. The van der Waals surface area contributed by atoms with Crippen LogP contribution in [-0.4, -0.2) is 69.0 Å². The molecule has 0 radical (unpaired) electrons. The molecule has 0 aliphatic carbocycles. The Hall–Kier alpha value is -2.20. The van der Waals surface area contributed by atoms with Crippen molar-refractivity contribution in [1.29, 1.82) is 0 Å². The van der Waals surface area contributed by atoms with Crippen LogP contribution in [0.4, 0.5) is 10.6 Å². The average molecular weight is 714 g/mol. The molecule has 3 aromatic rings. The number of benzene rings is 1. The number of anilines is 1. The van der Waals surface area contributed by atoms with Gasteiger partial charge in [0.05, 0.1) is 17.1 Å². The van der Waals surface area contributed by atoms with Crippen LogP contribution in [0.1, 0.15) is 32.2 Å². The maximum Gasteiger partial charge on any atom is 0.413 e. The molecule has 14 heteroatoms. The summed E-state index contributed by atoms with van der Waals surface area (Å²) >= 11 is 13.3. The number of rotatable bonds is 17. The second-order valence-electron chi connectivity index (χ2n) is 14.6. The fourth-order valence-corrected chi connectivity index (χ4v) is 6.05. The SMILES string of the molecule is CC(C)(C)OC(=O)Nc1cc(CCOc2c(Cl)c(Cl)cc3c2nc(COCOCC[Si](C)(C)C)n3COCC[Si](C)(C)C)ccn1. The molecule has 0 unspecified atom stereocenters. The zero-order valence-electron chi connectivity index (χ0n) is 28.7. The van der Waals surface area contributed by atoms with Gasteiger partial charge < -0.3 is 28.3 Å². The van der Waals surface area contributed by atoms with Gasteiger partial charge in [-0.15, -0.1) is 0 Å². The molecule has 256 valence electrons. The molecule has 0 aliphatic heterocycles. The first kappa shape index (κ1) is 38.3. The van der Waals surface area contributed by atoms with Crippen LogP contribution in [0.15, 0.2) is 24.4 Å². The maximum atomic E-state index is 12.2. The number of nitrogens with one attached hydrogen (secondary N) is 1. The number of aromatic nitrogens is 3. The lowest BCUT2D eigenvalue weighted by molar-refractivity contribution is -0.0609. The van der Waals surface area contributed by atoms with Gasteiger partial charge in [-0.1, -0.05) is 62.5 Å². The van der Waals surface area contributed by atoms with E-state index in [2.05, 4.69) is 49.6 Å². The smallest absolute Gasteiger partial charge is 0.413 e. The van der Waals surface area contributed by atoms with E-state index >= 15 is 0 Å². The van der Waals surface area contributed by atoms with Gasteiger partial charge in [-0.3, -0.25) is 5.32 Å². The highest BCUT2D eigenvalue weighted by molar-refractivity contribution is 6.76. The molecular weight excluding hydrogens is 663 g/mol. The van der Waals surface area contributed by atoms with E-state index in [0.717, 1.165) is 23.2 Å². The normalized spacial score (nSPS) is 12.5. The first-order valence-electron chi connectivity index (χ1n) is 15.6. The predicted octanol–water partition coefficient (Wildman–Crippen LogP) is 8.85. The number of imidazole rings is 1. The van der Waals surface area contributed by atoms with Gasteiger partial charge in [-0.25, -0.2) is 14.8 Å². The van der Waals surface area contributed by atoms with Gasteiger partial charge >= 0.3 is 6.09 Å². The van der Waals surface area contributed by atoms with Crippen LogP contribution in [0.5, 0.6) is 5.75 Å². The van der Waals surface area contributed by atoms with Crippen molar-refractivity contribution in [2.75, 3.05) is 31.9 Å². The molecule has 0 fully saturated rings. The Morgan fingerprint density at radius 2 is 1.63 bits per heavy atom. The van der Waals surface area contributed by atoms with E-state index in [1.807, 2.05) is 10.6 Å². The zero-order valence-corrected chi connectivity index (χ0v) is 32.2. The third-order valence-electron chi connectivity index (χ3n) is 6.67. The number of fused-ring (bicyclic) bond motifs is 1. The number of ether oxygens (including phenoxy) is 5. The number of amides is 1. The lowest BCUT2D eigenvalue weighted by atomic mass is 10.2. The minimum absolute atomic E-state index is 0.172. The molecule has 2 aromatic heterocycles. The Kier molecular flexibility index (Phi) is 13.9. The molecule has 1 aromatic carbocycles. The molecular formula is C32H50Cl2N4O6Si2. The van der Waals surface area contributed by atoms with Crippen LogP contribution >= 0.6 is 23.2 Å². The minimum Gasteiger partial charge on any atom is -0.489 e. The van der Waals surface area contributed by atoms with Gasteiger partial charge in [-0.05, 0) is 56.6 Å². The molecule has 0 bridgehead atoms. The van der Waals surface area contributed by atoms with Crippen molar-refractivity contribution >= 4 is 62.3 Å². The van der Waals surface area contributed by atoms with E-state index in [4.69, 9.17) is 51.9 Å². The van der Waals surface area contributed by atoms with E-state index in [0.29, 0.717) is 47.6 Å². The maximum absolute atomic E-state index is 12.2. The summed E-state index contributed by atoms with van der Waals surface area (Å²) in [6.07, 6.45) is 1.57. The molecule has 1 N–H and O–H groups in total. The summed E-state index contributed by atoms with van der Waals surface area (Å²) in [6.45, 7) is 21.6. The number of nitrogens with zero attached hydrogens (tertiary/aromatic N) is 3. The average Bonchev–Trinajstić information content (AvgIpc) is 3.25. The molecule has 46 heavy (non-hydrogen) atoms. The summed E-state index contributed by atoms with van der Waals surface area (Å²) in [6, 6.07) is 7.52. The summed E-state index contributed by atoms with van der Waals surface area (Å²) in [7, 11) is -2.45. The van der Waals surface area contributed by atoms with Crippen molar-refractivity contribution < 1.29 is 28.5 Å². The second kappa shape index (κ2) is 16.8. The van der Waals surface area contributed by atoms with E-state index in [-0.39, 0.29) is 31.8 Å². The Morgan fingerprint density at radius 3 is 2.28 bits per heavy atom. The van der Waals surface area contributed by atoms with E-state index in [1.54, 1.807) is 39.1 Å². The zero-order chi connectivity index (χ0) is 34.1. The summed E-state index contributed by atoms with van der Waals surface area (Å²) in [5.41, 5.74) is 1.60. The van der Waals surface area contributed by atoms with E-state index in [9.17, 15) is 4.79 Å². The number of pyridine rings is 1. The van der Waals surface area contributed by atoms with Gasteiger partial charge in [0.1, 0.15) is 47.9 Å². The first-order valence-corrected chi connectivity index (χ1v) is 23.8. The third kappa shape index (κ3) is 13.1. The van der Waals surface area contributed by atoms with Gasteiger partial charge in [0.2, 0.25) is 0 Å². The summed E-state index contributed by atoms with van der Waals surface area (Å²) < 4.78 is 31.2. The van der Waals surface area contributed by atoms with Crippen molar-refractivity contribution in [3.8, 4) is 5.75 Å². The number of hydrogen-bond donors (Lipinski definition) is 1. The van der Waals surface area contributed by atoms with Crippen molar-refractivity contribution in [3.63, 3.8) is 0 Å². The molecule has 1 amide bonds. The van der Waals surface area contributed by atoms with Crippen LogP contribution in [-0.2, 0) is 38.7 Å². The highest BCUT2D eigenvalue weighted by Gasteiger charge is 2.22. The Balaban J connectivity index is 1.76. The van der Waals surface area contributed by atoms with Gasteiger partial charge in [0.25, 0.3) is 0 Å². The van der Waals surface area contributed by atoms with Crippen molar-refractivity contribution in [1.82, 2.24) is 14.5 Å². The highest BCUT2D eigenvalue weighted by atomic mass is 35.5. The fraction of sp³-hybridized carbons (Fsp3) is 0.594. The monoisotopic (exact) mass is 712 g/mol.